The van der Waals surface area contributed by atoms with Crippen LogP contribution >= 0.6 is 0 Å². The van der Waals surface area contributed by atoms with Crippen molar-refractivity contribution in [1.82, 2.24) is 5.32 Å². The van der Waals surface area contributed by atoms with Crippen LogP contribution in [0.15, 0.2) is 42.5 Å². The molecular formula is C23H29NO2. The first-order valence-electron chi connectivity index (χ1n) is 9.72. The lowest BCUT2D eigenvalue weighted by molar-refractivity contribution is -0.128. The van der Waals surface area contributed by atoms with E-state index in [2.05, 4.69) is 30.4 Å². The van der Waals surface area contributed by atoms with Gasteiger partial charge in [0.1, 0.15) is 5.75 Å². The van der Waals surface area contributed by atoms with E-state index in [9.17, 15) is 4.79 Å². The zero-order valence-electron chi connectivity index (χ0n) is 16.0. The molecule has 3 rings (SSSR count). The van der Waals surface area contributed by atoms with E-state index in [1.807, 2.05) is 31.2 Å². The molecule has 0 radical (unpaired) electrons. The van der Waals surface area contributed by atoms with E-state index in [-0.39, 0.29) is 11.9 Å². The zero-order chi connectivity index (χ0) is 18.5. The quantitative estimate of drug-likeness (QED) is 0.803. The van der Waals surface area contributed by atoms with Crippen LogP contribution in [0, 0.1) is 6.92 Å². The highest BCUT2D eigenvalue weighted by Gasteiger charge is 2.20. The Hall–Kier alpha value is -2.29. The third kappa shape index (κ3) is 4.46. The predicted molar refractivity (Wildman–Crippen MR) is 106 cm³/mol. The molecule has 1 aliphatic carbocycles. The molecule has 0 fully saturated rings. The van der Waals surface area contributed by atoms with Crippen LogP contribution in [0.25, 0.3) is 0 Å². The fourth-order valence-electron chi connectivity index (χ4n) is 3.63. The lowest BCUT2D eigenvalue weighted by Crippen LogP contribution is -2.38. The Morgan fingerprint density at radius 2 is 1.88 bits per heavy atom. The van der Waals surface area contributed by atoms with Gasteiger partial charge in [-0.2, -0.15) is 0 Å². The van der Waals surface area contributed by atoms with E-state index in [1.54, 1.807) is 6.92 Å². The molecule has 1 amide bonds. The van der Waals surface area contributed by atoms with Crippen molar-refractivity contribution in [3.8, 4) is 5.75 Å². The first-order chi connectivity index (χ1) is 12.6. The third-order valence-electron chi connectivity index (χ3n) is 5.17. The Kier molecular flexibility index (Phi) is 5.97. The number of hydrogen-bond donors (Lipinski definition) is 1. The highest BCUT2D eigenvalue weighted by Crippen LogP contribution is 2.26. The molecule has 0 unspecified atom stereocenters. The molecule has 0 saturated heterocycles. The molecule has 2 aromatic rings. The average Bonchev–Trinajstić information content (AvgIpc) is 2.65. The Morgan fingerprint density at radius 3 is 2.62 bits per heavy atom. The topological polar surface area (TPSA) is 38.3 Å². The number of carbonyl (C=O) groups is 1. The lowest BCUT2D eigenvalue weighted by Gasteiger charge is -2.23. The number of amides is 1. The van der Waals surface area contributed by atoms with Crippen molar-refractivity contribution >= 4 is 5.91 Å². The summed E-state index contributed by atoms with van der Waals surface area (Å²) in [4.78, 5) is 12.6. The van der Waals surface area contributed by atoms with Crippen molar-refractivity contribution in [3.63, 3.8) is 0 Å². The van der Waals surface area contributed by atoms with Crippen LogP contribution in [0.1, 0.15) is 61.4 Å². The van der Waals surface area contributed by atoms with Crippen LogP contribution in [0.5, 0.6) is 5.75 Å². The maximum Gasteiger partial charge on any atom is 0.261 e. The predicted octanol–water partition coefficient (Wildman–Crippen LogP) is 4.91. The molecule has 3 heteroatoms. The van der Waals surface area contributed by atoms with E-state index in [4.69, 9.17) is 4.74 Å². The standard InChI is InChI=1S/C23H29NO2/c1-4-22(20-13-12-18-9-5-6-10-19(18)15-20)24-23(25)17(3)26-21-11-7-8-16(2)14-21/h7-8,11-15,17,22H,4-6,9-10H2,1-3H3,(H,24,25)/t17-,22+/m1/s1. The zero-order valence-corrected chi connectivity index (χ0v) is 16.0. The Labute approximate surface area is 156 Å². The molecule has 0 aliphatic heterocycles. The molecule has 0 bridgehead atoms. The van der Waals surface area contributed by atoms with Gasteiger partial charge in [0.2, 0.25) is 0 Å². The van der Waals surface area contributed by atoms with Gasteiger partial charge in [0.25, 0.3) is 5.91 Å². The number of hydrogen-bond acceptors (Lipinski definition) is 2. The van der Waals surface area contributed by atoms with E-state index in [1.165, 1.54) is 36.0 Å². The summed E-state index contributed by atoms with van der Waals surface area (Å²) in [6, 6.07) is 14.5. The van der Waals surface area contributed by atoms with E-state index < -0.39 is 6.10 Å². The summed E-state index contributed by atoms with van der Waals surface area (Å²) in [5.74, 6) is 0.658. The number of ether oxygens (including phenoxy) is 1. The van der Waals surface area contributed by atoms with Gasteiger partial charge in [0.05, 0.1) is 6.04 Å². The molecule has 0 heterocycles. The number of aryl methyl sites for hydroxylation is 3. The highest BCUT2D eigenvalue weighted by molar-refractivity contribution is 5.81. The van der Waals surface area contributed by atoms with Gasteiger partial charge in [-0.05, 0) is 80.3 Å². The van der Waals surface area contributed by atoms with Crippen molar-refractivity contribution < 1.29 is 9.53 Å². The molecule has 0 spiro atoms. The molecular weight excluding hydrogens is 322 g/mol. The second-order valence-corrected chi connectivity index (χ2v) is 7.28. The first kappa shape index (κ1) is 18.5. The lowest BCUT2D eigenvalue weighted by atomic mass is 9.89. The largest absolute Gasteiger partial charge is 0.481 e. The number of nitrogens with one attached hydrogen (secondary N) is 1. The molecule has 2 aromatic carbocycles. The Morgan fingerprint density at radius 1 is 1.12 bits per heavy atom. The van der Waals surface area contributed by atoms with Crippen molar-refractivity contribution in [1.29, 1.82) is 0 Å². The number of rotatable bonds is 6. The second kappa shape index (κ2) is 8.39. The maximum atomic E-state index is 12.6. The minimum Gasteiger partial charge on any atom is -0.481 e. The molecule has 26 heavy (non-hydrogen) atoms. The molecule has 1 aliphatic rings. The summed E-state index contributed by atoms with van der Waals surface area (Å²) >= 11 is 0. The summed E-state index contributed by atoms with van der Waals surface area (Å²) < 4.78 is 5.82. The van der Waals surface area contributed by atoms with Crippen LogP contribution in [0.4, 0.5) is 0 Å². The summed E-state index contributed by atoms with van der Waals surface area (Å²) in [6.45, 7) is 5.93. The van der Waals surface area contributed by atoms with Gasteiger partial charge in [-0.3, -0.25) is 4.79 Å². The van der Waals surface area contributed by atoms with Crippen molar-refractivity contribution in [2.45, 2.75) is 65.0 Å². The molecule has 0 saturated carbocycles. The van der Waals surface area contributed by atoms with E-state index in [0.29, 0.717) is 0 Å². The Bertz CT molecular complexity index is 769. The average molecular weight is 351 g/mol. The van der Waals surface area contributed by atoms with Crippen LogP contribution in [-0.2, 0) is 17.6 Å². The number of fused-ring (bicyclic) bond motifs is 1. The second-order valence-electron chi connectivity index (χ2n) is 7.28. The van der Waals surface area contributed by atoms with Gasteiger partial charge in [-0.25, -0.2) is 0 Å². The maximum absolute atomic E-state index is 12.6. The van der Waals surface area contributed by atoms with Crippen LogP contribution in [0.3, 0.4) is 0 Å². The van der Waals surface area contributed by atoms with Crippen LogP contribution in [-0.4, -0.2) is 12.0 Å². The highest BCUT2D eigenvalue weighted by atomic mass is 16.5. The normalized spacial score (nSPS) is 15.7. The van der Waals surface area contributed by atoms with Crippen molar-refractivity contribution in [3.05, 3.63) is 64.7 Å². The van der Waals surface area contributed by atoms with Gasteiger partial charge >= 0.3 is 0 Å². The summed E-state index contributed by atoms with van der Waals surface area (Å²) in [7, 11) is 0. The monoisotopic (exact) mass is 351 g/mol. The minimum atomic E-state index is -0.525. The fraction of sp³-hybridized carbons (Fsp3) is 0.435. The SMILES string of the molecule is CC[C@H](NC(=O)[C@@H](C)Oc1cccc(C)c1)c1ccc2c(c1)CCCC2. The summed E-state index contributed by atoms with van der Waals surface area (Å²) in [5.41, 5.74) is 5.24. The van der Waals surface area contributed by atoms with Gasteiger partial charge in [0, 0.05) is 0 Å². The Balaban J connectivity index is 1.66. The number of carbonyl (C=O) groups excluding carboxylic acids is 1. The molecule has 138 valence electrons. The van der Waals surface area contributed by atoms with E-state index >= 15 is 0 Å². The van der Waals surface area contributed by atoms with Gasteiger partial charge in [0.15, 0.2) is 6.10 Å². The van der Waals surface area contributed by atoms with Gasteiger partial charge in [-0.15, -0.1) is 0 Å². The van der Waals surface area contributed by atoms with E-state index in [0.717, 1.165) is 24.2 Å². The number of benzene rings is 2. The van der Waals surface area contributed by atoms with Crippen LogP contribution in [0.2, 0.25) is 0 Å². The smallest absolute Gasteiger partial charge is 0.261 e. The summed E-state index contributed by atoms with van der Waals surface area (Å²) in [6.07, 6.45) is 5.22. The molecule has 1 N–H and O–H groups in total. The minimum absolute atomic E-state index is 0.0262. The van der Waals surface area contributed by atoms with Gasteiger partial charge < -0.3 is 10.1 Å². The van der Waals surface area contributed by atoms with Gasteiger partial charge in [-0.1, -0.05) is 37.3 Å². The molecule has 2 atom stereocenters. The summed E-state index contributed by atoms with van der Waals surface area (Å²) in [5, 5.41) is 3.16. The molecule has 0 aromatic heterocycles. The van der Waals surface area contributed by atoms with Crippen molar-refractivity contribution in [2.24, 2.45) is 0 Å². The molecule has 3 nitrogen and oxygen atoms in total. The van der Waals surface area contributed by atoms with Crippen LogP contribution < -0.4 is 10.1 Å². The van der Waals surface area contributed by atoms with Crippen molar-refractivity contribution in [2.75, 3.05) is 0 Å². The third-order valence-corrected chi connectivity index (χ3v) is 5.17. The fourth-order valence-corrected chi connectivity index (χ4v) is 3.63. The first-order valence-corrected chi connectivity index (χ1v) is 9.72.